The van der Waals surface area contributed by atoms with Crippen LogP contribution in [0, 0.1) is 0 Å². The third kappa shape index (κ3) is 3.22. The fourth-order valence-corrected chi connectivity index (χ4v) is 4.80. The van der Waals surface area contributed by atoms with Gasteiger partial charge in [0.25, 0.3) is 0 Å². The van der Waals surface area contributed by atoms with Crippen LogP contribution in [0.5, 0.6) is 0 Å². The average Bonchev–Trinajstić information content (AvgIpc) is 3.38. The van der Waals surface area contributed by atoms with Gasteiger partial charge in [0, 0.05) is 18.6 Å². The van der Waals surface area contributed by atoms with Gasteiger partial charge in [0.15, 0.2) is 5.69 Å². The summed E-state index contributed by atoms with van der Waals surface area (Å²) < 4.78 is 42.0. The molecular weight excluding hydrogens is 407 g/mol. The SMILES string of the molecule is O=C(O)c1cnn(-c2cccc3c2CCN(Cc2ccccc2)C32CC2)c1C(F)(F)F. The van der Waals surface area contributed by atoms with Gasteiger partial charge in [-0.1, -0.05) is 42.5 Å². The summed E-state index contributed by atoms with van der Waals surface area (Å²) in [5, 5.41) is 13.1. The number of hydrogen-bond donors (Lipinski definition) is 1. The lowest BCUT2D eigenvalue weighted by molar-refractivity contribution is -0.143. The summed E-state index contributed by atoms with van der Waals surface area (Å²) in [7, 11) is 0. The largest absolute Gasteiger partial charge is 0.478 e. The Morgan fingerprint density at radius 2 is 1.84 bits per heavy atom. The minimum Gasteiger partial charge on any atom is -0.478 e. The van der Waals surface area contributed by atoms with E-state index in [1.807, 2.05) is 24.3 Å². The summed E-state index contributed by atoms with van der Waals surface area (Å²) in [6, 6.07) is 15.4. The van der Waals surface area contributed by atoms with Gasteiger partial charge in [-0.05, 0) is 42.0 Å². The molecule has 3 aromatic rings. The highest BCUT2D eigenvalue weighted by atomic mass is 19.4. The average molecular weight is 427 g/mol. The zero-order valence-electron chi connectivity index (χ0n) is 16.6. The molecule has 160 valence electrons. The number of rotatable bonds is 4. The van der Waals surface area contributed by atoms with Crippen LogP contribution < -0.4 is 0 Å². The van der Waals surface area contributed by atoms with Crippen molar-refractivity contribution in [1.29, 1.82) is 0 Å². The van der Waals surface area contributed by atoms with Gasteiger partial charge in [-0.25, -0.2) is 9.48 Å². The van der Waals surface area contributed by atoms with E-state index in [-0.39, 0.29) is 5.54 Å². The number of carbonyl (C=O) groups is 1. The lowest BCUT2D eigenvalue weighted by Gasteiger charge is -2.39. The molecule has 2 aromatic carbocycles. The van der Waals surface area contributed by atoms with Gasteiger partial charge in [-0.2, -0.15) is 18.3 Å². The number of nitrogens with zero attached hydrogens (tertiary/aromatic N) is 3. The predicted molar refractivity (Wildman–Crippen MR) is 107 cm³/mol. The molecule has 1 saturated carbocycles. The molecule has 2 aliphatic rings. The van der Waals surface area contributed by atoms with E-state index in [0.29, 0.717) is 18.7 Å². The monoisotopic (exact) mass is 427 g/mol. The van der Waals surface area contributed by atoms with Gasteiger partial charge < -0.3 is 5.11 Å². The first-order valence-corrected chi connectivity index (χ1v) is 10.1. The molecule has 0 amide bonds. The third-order valence-electron chi connectivity index (χ3n) is 6.33. The Balaban J connectivity index is 1.58. The van der Waals surface area contributed by atoms with Gasteiger partial charge in [-0.3, -0.25) is 4.90 Å². The van der Waals surface area contributed by atoms with Crippen molar-refractivity contribution >= 4 is 5.97 Å². The van der Waals surface area contributed by atoms with Crippen LogP contribution in [0.2, 0.25) is 0 Å². The number of aromatic carboxylic acids is 1. The molecule has 8 heteroatoms. The standard InChI is InChI=1S/C23H20F3N3O2/c24-23(25,26)20-17(21(30)31)13-27-29(20)19-8-4-7-18-16(19)9-12-28(22(18)10-11-22)14-15-5-2-1-3-6-15/h1-8,13H,9-12,14H2,(H,30,31). The Bertz CT molecular complexity index is 1150. The number of fused-ring (bicyclic) bond motifs is 2. The second-order valence-corrected chi connectivity index (χ2v) is 8.11. The van der Waals surface area contributed by atoms with Crippen molar-refractivity contribution in [2.24, 2.45) is 0 Å². The van der Waals surface area contributed by atoms with Gasteiger partial charge in [0.05, 0.1) is 11.9 Å². The lowest BCUT2D eigenvalue weighted by Crippen LogP contribution is -2.41. The molecule has 5 rings (SSSR count). The summed E-state index contributed by atoms with van der Waals surface area (Å²) in [5.41, 5.74) is 1.08. The summed E-state index contributed by atoms with van der Waals surface area (Å²) in [6.07, 6.45) is -1.59. The van der Waals surface area contributed by atoms with Crippen molar-refractivity contribution in [1.82, 2.24) is 14.7 Å². The Morgan fingerprint density at radius 1 is 1.10 bits per heavy atom. The first-order chi connectivity index (χ1) is 14.8. The fourth-order valence-electron chi connectivity index (χ4n) is 4.80. The molecule has 1 aliphatic heterocycles. The van der Waals surface area contributed by atoms with E-state index in [4.69, 9.17) is 0 Å². The van der Waals surface area contributed by atoms with Crippen molar-refractivity contribution in [3.8, 4) is 5.69 Å². The van der Waals surface area contributed by atoms with Crippen molar-refractivity contribution in [3.05, 3.63) is 82.7 Å². The first kappa shape index (κ1) is 19.8. The molecule has 0 unspecified atom stereocenters. The van der Waals surface area contributed by atoms with E-state index in [9.17, 15) is 23.1 Å². The molecule has 0 saturated heterocycles. The molecule has 0 atom stereocenters. The highest BCUT2D eigenvalue weighted by molar-refractivity contribution is 5.89. The van der Waals surface area contributed by atoms with E-state index < -0.39 is 23.4 Å². The highest BCUT2D eigenvalue weighted by Crippen LogP contribution is 2.55. The molecule has 2 heterocycles. The van der Waals surface area contributed by atoms with Crippen LogP contribution >= 0.6 is 0 Å². The van der Waals surface area contributed by atoms with E-state index >= 15 is 0 Å². The van der Waals surface area contributed by atoms with Crippen molar-refractivity contribution < 1.29 is 23.1 Å². The summed E-state index contributed by atoms with van der Waals surface area (Å²) >= 11 is 0. The van der Waals surface area contributed by atoms with E-state index in [1.54, 1.807) is 12.1 Å². The number of carboxylic acids is 1. The number of benzene rings is 2. The number of hydrogen-bond acceptors (Lipinski definition) is 3. The maximum Gasteiger partial charge on any atom is 0.434 e. The van der Waals surface area contributed by atoms with Gasteiger partial charge in [0.1, 0.15) is 5.56 Å². The van der Waals surface area contributed by atoms with Crippen LogP contribution in [-0.4, -0.2) is 32.3 Å². The Kier molecular flexibility index (Phi) is 4.44. The Hall–Kier alpha value is -3.13. The molecule has 1 spiro atoms. The summed E-state index contributed by atoms with van der Waals surface area (Å²) in [5.74, 6) is -1.64. The van der Waals surface area contributed by atoms with Crippen LogP contribution in [0.15, 0.2) is 54.7 Å². The second-order valence-electron chi connectivity index (χ2n) is 8.11. The van der Waals surface area contributed by atoms with Crippen molar-refractivity contribution in [3.63, 3.8) is 0 Å². The Morgan fingerprint density at radius 3 is 2.48 bits per heavy atom. The van der Waals surface area contributed by atoms with Gasteiger partial charge in [-0.15, -0.1) is 0 Å². The molecule has 5 nitrogen and oxygen atoms in total. The third-order valence-corrected chi connectivity index (χ3v) is 6.33. The maximum absolute atomic E-state index is 13.8. The fraction of sp³-hybridized carbons (Fsp3) is 0.304. The van der Waals surface area contributed by atoms with Gasteiger partial charge in [0.2, 0.25) is 0 Å². The van der Waals surface area contributed by atoms with Crippen LogP contribution in [-0.2, 0) is 24.7 Å². The molecule has 31 heavy (non-hydrogen) atoms. The highest BCUT2D eigenvalue weighted by Gasteiger charge is 2.52. The number of aromatic nitrogens is 2. The van der Waals surface area contributed by atoms with Crippen molar-refractivity contribution in [2.45, 2.75) is 37.5 Å². The van der Waals surface area contributed by atoms with Crippen LogP contribution in [0.25, 0.3) is 5.69 Å². The lowest BCUT2D eigenvalue weighted by atomic mass is 9.88. The molecule has 0 radical (unpaired) electrons. The molecule has 1 N–H and O–H groups in total. The smallest absolute Gasteiger partial charge is 0.434 e. The summed E-state index contributed by atoms with van der Waals surface area (Å²) in [6.45, 7) is 1.50. The molecule has 1 aromatic heterocycles. The molecule has 1 fully saturated rings. The maximum atomic E-state index is 13.8. The number of alkyl halides is 3. The van der Waals surface area contributed by atoms with Crippen molar-refractivity contribution in [2.75, 3.05) is 6.54 Å². The summed E-state index contributed by atoms with van der Waals surface area (Å²) in [4.78, 5) is 13.8. The predicted octanol–water partition coefficient (Wildman–Crippen LogP) is 4.64. The van der Waals surface area contributed by atoms with Crippen LogP contribution in [0.3, 0.4) is 0 Å². The number of carboxylic acid groups (broad SMARTS) is 1. The number of halogens is 3. The molecule has 1 aliphatic carbocycles. The second kappa shape index (κ2) is 6.95. The van der Waals surface area contributed by atoms with Crippen LogP contribution in [0.4, 0.5) is 13.2 Å². The van der Waals surface area contributed by atoms with E-state index in [0.717, 1.165) is 41.4 Å². The normalized spacial score (nSPS) is 17.5. The molecule has 0 bridgehead atoms. The van der Waals surface area contributed by atoms with E-state index in [1.165, 1.54) is 5.56 Å². The van der Waals surface area contributed by atoms with E-state index in [2.05, 4.69) is 22.1 Å². The quantitative estimate of drug-likeness (QED) is 0.659. The minimum atomic E-state index is -4.84. The van der Waals surface area contributed by atoms with Gasteiger partial charge >= 0.3 is 12.1 Å². The zero-order valence-corrected chi connectivity index (χ0v) is 16.6. The zero-order chi connectivity index (χ0) is 21.8. The molecular formula is C23H20F3N3O2. The van der Waals surface area contributed by atoms with Crippen LogP contribution in [0.1, 0.15) is 45.6 Å². The Labute approximate surface area is 176 Å². The first-order valence-electron chi connectivity index (χ1n) is 10.1. The minimum absolute atomic E-state index is 0.180. The topological polar surface area (TPSA) is 58.4 Å².